The molecule has 3 aromatic rings. The molecule has 1 unspecified atom stereocenters. The number of ether oxygens (including phenoxy) is 1. The standard InChI is InChI=1S/C25H25F3N6O2/c1-15(16-3-2-4-18(9-16)25(26,27)28)33-24(35)23-29-11-17(12-30-23)21-14-32-22-20(21)10-19(13-31-22)34-5-7-36-8-6-34/h2-4,10-16H,5-9H2,1H3,(H,31,32)(H,33,35)/t15-,16?/m1/s1. The number of fused-ring (bicyclic) bond motifs is 1. The van der Waals surface area contributed by atoms with Crippen molar-refractivity contribution in [2.24, 2.45) is 5.92 Å². The van der Waals surface area contributed by atoms with Crippen molar-refractivity contribution in [3.8, 4) is 11.1 Å². The number of H-pyrrole nitrogens is 1. The van der Waals surface area contributed by atoms with Crippen LogP contribution in [0.25, 0.3) is 22.2 Å². The molecule has 188 valence electrons. The molecule has 1 saturated heterocycles. The fourth-order valence-corrected chi connectivity index (χ4v) is 4.45. The van der Waals surface area contributed by atoms with Gasteiger partial charge in [-0.2, -0.15) is 13.2 Å². The minimum absolute atomic E-state index is 0.0519. The summed E-state index contributed by atoms with van der Waals surface area (Å²) < 4.78 is 44.6. The van der Waals surface area contributed by atoms with Crippen LogP contribution in [-0.4, -0.2) is 64.4 Å². The van der Waals surface area contributed by atoms with E-state index in [1.807, 2.05) is 12.4 Å². The smallest absolute Gasteiger partial charge is 0.378 e. The molecule has 2 atom stereocenters. The molecule has 11 heteroatoms. The second kappa shape index (κ2) is 9.73. The molecule has 36 heavy (non-hydrogen) atoms. The van der Waals surface area contributed by atoms with E-state index in [1.54, 1.807) is 25.4 Å². The van der Waals surface area contributed by atoms with Crippen molar-refractivity contribution in [1.82, 2.24) is 25.3 Å². The summed E-state index contributed by atoms with van der Waals surface area (Å²) in [5.74, 6) is -1.07. The molecular formula is C25H25F3N6O2. The number of alkyl halides is 3. The average molecular weight is 499 g/mol. The lowest BCUT2D eigenvalue weighted by atomic mass is 9.88. The van der Waals surface area contributed by atoms with E-state index in [2.05, 4.69) is 36.2 Å². The number of nitrogens with zero attached hydrogens (tertiary/aromatic N) is 4. The molecule has 5 rings (SSSR count). The topological polar surface area (TPSA) is 96.0 Å². The van der Waals surface area contributed by atoms with Gasteiger partial charge in [-0.3, -0.25) is 4.79 Å². The van der Waals surface area contributed by atoms with Crippen LogP contribution in [0, 0.1) is 5.92 Å². The zero-order valence-corrected chi connectivity index (χ0v) is 19.5. The number of aromatic amines is 1. The highest BCUT2D eigenvalue weighted by Crippen LogP contribution is 2.34. The van der Waals surface area contributed by atoms with Gasteiger partial charge in [0.15, 0.2) is 0 Å². The van der Waals surface area contributed by atoms with Crippen molar-refractivity contribution in [1.29, 1.82) is 0 Å². The quantitative estimate of drug-likeness (QED) is 0.551. The summed E-state index contributed by atoms with van der Waals surface area (Å²) in [7, 11) is 0. The van der Waals surface area contributed by atoms with Crippen LogP contribution in [0.4, 0.5) is 18.9 Å². The highest BCUT2D eigenvalue weighted by molar-refractivity contribution is 5.95. The third-order valence-corrected chi connectivity index (χ3v) is 6.54. The molecule has 0 saturated carbocycles. The number of allylic oxidation sites excluding steroid dienone is 3. The fourth-order valence-electron chi connectivity index (χ4n) is 4.45. The van der Waals surface area contributed by atoms with E-state index in [0.29, 0.717) is 18.8 Å². The summed E-state index contributed by atoms with van der Waals surface area (Å²) in [5, 5.41) is 3.63. The maximum absolute atomic E-state index is 13.1. The molecule has 1 aliphatic carbocycles. The third kappa shape index (κ3) is 4.97. The molecule has 0 radical (unpaired) electrons. The van der Waals surface area contributed by atoms with Crippen molar-refractivity contribution < 1.29 is 22.7 Å². The van der Waals surface area contributed by atoms with Crippen LogP contribution in [0.1, 0.15) is 24.0 Å². The third-order valence-electron chi connectivity index (χ3n) is 6.54. The van der Waals surface area contributed by atoms with E-state index in [1.165, 1.54) is 6.08 Å². The van der Waals surface area contributed by atoms with E-state index < -0.39 is 29.6 Å². The minimum Gasteiger partial charge on any atom is -0.378 e. The van der Waals surface area contributed by atoms with Crippen molar-refractivity contribution in [3.63, 3.8) is 0 Å². The number of aromatic nitrogens is 4. The Morgan fingerprint density at radius 3 is 2.67 bits per heavy atom. The van der Waals surface area contributed by atoms with Gasteiger partial charge >= 0.3 is 6.18 Å². The number of halogens is 3. The molecule has 0 aromatic carbocycles. The largest absolute Gasteiger partial charge is 0.412 e. The summed E-state index contributed by atoms with van der Waals surface area (Å²) >= 11 is 0. The molecule has 1 aliphatic heterocycles. The van der Waals surface area contributed by atoms with Gasteiger partial charge < -0.3 is 19.9 Å². The first kappa shape index (κ1) is 24.0. The predicted octanol–water partition coefficient (Wildman–Crippen LogP) is 4.04. The van der Waals surface area contributed by atoms with Gasteiger partial charge in [-0.05, 0) is 19.4 Å². The number of carbonyl (C=O) groups excluding carboxylic acids is 1. The van der Waals surface area contributed by atoms with E-state index >= 15 is 0 Å². The number of hydrogen-bond acceptors (Lipinski definition) is 6. The Hall–Kier alpha value is -3.73. The molecule has 2 aliphatic rings. The second-order valence-electron chi connectivity index (χ2n) is 8.89. The molecule has 0 bridgehead atoms. The van der Waals surface area contributed by atoms with Gasteiger partial charge in [0.2, 0.25) is 5.82 Å². The fraction of sp³-hybridized carbons (Fsp3) is 0.360. The lowest BCUT2D eigenvalue weighted by molar-refractivity contribution is -0.0952. The first-order valence-corrected chi connectivity index (χ1v) is 11.7. The molecule has 1 fully saturated rings. The highest BCUT2D eigenvalue weighted by Gasteiger charge is 2.36. The molecular weight excluding hydrogens is 473 g/mol. The summed E-state index contributed by atoms with van der Waals surface area (Å²) in [5.41, 5.74) is 2.68. The average Bonchev–Trinajstić information content (AvgIpc) is 3.32. The summed E-state index contributed by atoms with van der Waals surface area (Å²) in [4.78, 5) is 31.0. The van der Waals surface area contributed by atoms with E-state index in [0.717, 1.165) is 41.4 Å². The molecule has 0 spiro atoms. The van der Waals surface area contributed by atoms with Gasteiger partial charge in [0, 0.05) is 65.7 Å². The van der Waals surface area contributed by atoms with Crippen LogP contribution in [0.3, 0.4) is 0 Å². The van der Waals surface area contributed by atoms with Crippen molar-refractivity contribution in [2.45, 2.75) is 25.6 Å². The van der Waals surface area contributed by atoms with Crippen LogP contribution in [0.5, 0.6) is 0 Å². The number of rotatable bonds is 5. The molecule has 3 aromatic heterocycles. The maximum Gasteiger partial charge on any atom is 0.412 e. The van der Waals surface area contributed by atoms with Crippen LogP contribution in [0.2, 0.25) is 0 Å². The van der Waals surface area contributed by atoms with Gasteiger partial charge in [-0.1, -0.05) is 18.2 Å². The molecule has 8 nitrogen and oxygen atoms in total. The monoisotopic (exact) mass is 498 g/mol. The first-order valence-electron chi connectivity index (χ1n) is 11.7. The van der Waals surface area contributed by atoms with Crippen LogP contribution < -0.4 is 10.2 Å². The Morgan fingerprint density at radius 1 is 1.19 bits per heavy atom. The number of pyridine rings is 1. The zero-order chi connectivity index (χ0) is 25.3. The van der Waals surface area contributed by atoms with Gasteiger partial charge in [0.05, 0.1) is 25.1 Å². The summed E-state index contributed by atoms with van der Waals surface area (Å²) in [6, 6.07) is 1.53. The normalized spacial score (nSPS) is 19.3. The lowest BCUT2D eigenvalue weighted by Gasteiger charge is -2.28. The SMILES string of the molecule is C[C@@H](NC(=O)c1ncc(-c2c[nH]c3ncc(N4CCOCC4)cc23)cn1)C1C=CC=C(C(F)(F)F)C1. The molecule has 1 amide bonds. The number of carbonyl (C=O) groups is 1. The molecule has 2 N–H and O–H groups in total. The Balaban J connectivity index is 1.28. The number of hydrogen-bond donors (Lipinski definition) is 2. The van der Waals surface area contributed by atoms with Gasteiger partial charge in [-0.15, -0.1) is 0 Å². The van der Waals surface area contributed by atoms with Crippen LogP contribution in [0.15, 0.2) is 54.7 Å². The first-order chi connectivity index (χ1) is 17.3. The number of amides is 1. The van der Waals surface area contributed by atoms with Crippen molar-refractivity contribution in [3.05, 3.63) is 60.5 Å². The highest BCUT2D eigenvalue weighted by atomic mass is 19.4. The maximum atomic E-state index is 13.1. The summed E-state index contributed by atoms with van der Waals surface area (Å²) in [6.45, 7) is 4.60. The molecule has 4 heterocycles. The predicted molar refractivity (Wildman–Crippen MR) is 128 cm³/mol. The number of nitrogens with one attached hydrogen (secondary N) is 2. The van der Waals surface area contributed by atoms with Crippen molar-refractivity contribution >= 4 is 22.6 Å². The van der Waals surface area contributed by atoms with Crippen molar-refractivity contribution in [2.75, 3.05) is 31.2 Å². The minimum atomic E-state index is -4.38. The Bertz CT molecular complexity index is 1310. The van der Waals surface area contributed by atoms with E-state index in [4.69, 9.17) is 4.74 Å². The Morgan fingerprint density at radius 2 is 1.94 bits per heavy atom. The van der Waals surface area contributed by atoms with Crippen LogP contribution in [-0.2, 0) is 4.74 Å². The van der Waals surface area contributed by atoms with Gasteiger partial charge in [0.25, 0.3) is 5.91 Å². The number of morpholine rings is 1. The van der Waals surface area contributed by atoms with E-state index in [-0.39, 0.29) is 12.2 Å². The van der Waals surface area contributed by atoms with Gasteiger partial charge in [0.1, 0.15) is 5.65 Å². The lowest BCUT2D eigenvalue weighted by Crippen LogP contribution is -2.39. The Kier molecular flexibility index (Phi) is 6.48. The van der Waals surface area contributed by atoms with E-state index in [9.17, 15) is 18.0 Å². The van der Waals surface area contributed by atoms with Crippen LogP contribution >= 0.6 is 0 Å². The number of anilines is 1. The summed E-state index contributed by atoms with van der Waals surface area (Å²) in [6.07, 6.45) is 6.30. The second-order valence-corrected chi connectivity index (χ2v) is 8.89. The zero-order valence-electron chi connectivity index (χ0n) is 19.5. The van der Waals surface area contributed by atoms with Gasteiger partial charge in [-0.25, -0.2) is 15.0 Å². The Labute approximate surface area is 205 Å².